The number of aromatic hydroxyl groups is 2. The van der Waals surface area contributed by atoms with Crippen LogP contribution in [-0.2, 0) is 9.47 Å². The van der Waals surface area contributed by atoms with Crippen LogP contribution in [0.1, 0.15) is 35.4 Å². The second-order valence-electron chi connectivity index (χ2n) is 6.22. The molecule has 7 nitrogen and oxygen atoms in total. The van der Waals surface area contributed by atoms with Crippen molar-refractivity contribution in [2.75, 3.05) is 20.8 Å². The first-order valence-electron chi connectivity index (χ1n) is 7.37. The van der Waals surface area contributed by atoms with E-state index in [1.54, 1.807) is 0 Å². The Bertz CT molecular complexity index is 652. The molecule has 23 heavy (non-hydrogen) atoms. The van der Waals surface area contributed by atoms with Gasteiger partial charge in [0.15, 0.2) is 23.1 Å². The number of carbonyl (C=O) groups is 1. The van der Waals surface area contributed by atoms with Crippen molar-refractivity contribution in [3.63, 3.8) is 0 Å². The Labute approximate surface area is 133 Å². The van der Waals surface area contributed by atoms with Crippen molar-refractivity contribution in [3.8, 4) is 17.2 Å². The fraction of sp³-hybridized carbons (Fsp3) is 0.562. The van der Waals surface area contributed by atoms with Gasteiger partial charge in [-0.1, -0.05) is 0 Å². The highest BCUT2D eigenvalue weighted by Crippen LogP contribution is 2.53. The average Bonchev–Trinajstić information content (AvgIpc) is 2.49. The largest absolute Gasteiger partial charge is 0.507 e. The fourth-order valence-corrected chi connectivity index (χ4v) is 3.66. The first-order chi connectivity index (χ1) is 10.8. The lowest BCUT2D eigenvalue weighted by atomic mass is 9.69. The van der Waals surface area contributed by atoms with Gasteiger partial charge in [-0.2, -0.15) is 0 Å². The van der Waals surface area contributed by atoms with Crippen LogP contribution in [0.5, 0.6) is 17.2 Å². The summed E-state index contributed by atoms with van der Waals surface area (Å²) in [4.78, 5) is 12.8. The van der Waals surface area contributed by atoms with Gasteiger partial charge < -0.3 is 29.5 Å². The van der Waals surface area contributed by atoms with Gasteiger partial charge in [0.05, 0.1) is 31.3 Å². The number of methoxy groups -OCH3 is 2. The summed E-state index contributed by atoms with van der Waals surface area (Å²) in [7, 11) is 2.82. The van der Waals surface area contributed by atoms with Crippen LogP contribution in [0.25, 0.3) is 0 Å². The first kappa shape index (κ1) is 16.0. The molecule has 1 saturated heterocycles. The van der Waals surface area contributed by atoms with E-state index in [9.17, 15) is 20.1 Å². The number of carbonyl (C=O) groups excluding carboxylic acids is 1. The van der Waals surface area contributed by atoms with E-state index < -0.39 is 17.8 Å². The molecule has 0 saturated carbocycles. The summed E-state index contributed by atoms with van der Waals surface area (Å²) in [6.07, 6.45) is -0.484. The molecule has 1 aliphatic heterocycles. The molecule has 1 aromatic carbocycles. The van der Waals surface area contributed by atoms with Crippen LogP contribution in [0.4, 0.5) is 0 Å². The van der Waals surface area contributed by atoms with Gasteiger partial charge in [-0.15, -0.1) is 0 Å². The Hall–Kier alpha value is -1.83. The highest BCUT2D eigenvalue weighted by molar-refractivity contribution is 6.04. The molecule has 0 aromatic heterocycles. The van der Waals surface area contributed by atoms with Crippen molar-refractivity contribution in [2.45, 2.75) is 25.2 Å². The Morgan fingerprint density at radius 1 is 1.35 bits per heavy atom. The Morgan fingerprint density at radius 3 is 2.65 bits per heavy atom. The molecule has 3 rings (SSSR count). The molecule has 0 bridgehead atoms. The number of benzene rings is 1. The monoisotopic (exact) mass is 324 g/mol. The summed E-state index contributed by atoms with van der Waals surface area (Å²) in [6.45, 7) is 1.56. The summed E-state index contributed by atoms with van der Waals surface area (Å²) in [6, 6.07) is 1.21. The molecular formula is C16H20O7. The van der Waals surface area contributed by atoms with Gasteiger partial charge in [0.25, 0.3) is 0 Å². The van der Waals surface area contributed by atoms with Crippen LogP contribution in [0.3, 0.4) is 0 Å². The highest BCUT2D eigenvalue weighted by atomic mass is 16.6. The Morgan fingerprint density at radius 2 is 2.04 bits per heavy atom. The van der Waals surface area contributed by atoms with Crippen LogP contribution in [0.2, 0.25) is 0 Å². The third-order valence-corrected chi connectivity index (χ3v) is 4.72. The number of fused-ring (bicyclic) bond motifs is 2. The lowest BCUT2D eigenvalue weighted by molar-refractivity contribution is -0.243. The van der Waals surface area contributed by atoms with Gasteiger partial charge >= 0.3 is 0 Å². The SMILES string of the molecule is COc1cc(O)c2c(c1O)[C@H](OC)[C@H]1C[C@](C)(O)OC[C@H]1C2=O. The minimum Gasteiger partial charge on any atom is -0.507 e. The molecular weight excluding hydrogens is 304 g/mol. The number of aliphatic hydroxyl groups is 1. The van der Waals surface area contributed by atoms with E-state index in [0.717, 1.165) is 0 Å². The van der Waals surface area contributed by atoms with Crippen molar-refractivity contribution in [1.29, 1.82) is 0 Å². The van der Waals surface area contributed by atoms with Crippen LogP contribution in [0, 0.1) is 11.8 Å². The van der Waals surface area contributed by atoms with Crippen molar-refractivity contribution >= 4 is 5.78 Å². The zero-order valence-corrected chi connectivity index (χ0v) is 13.2. The van der Waals surface area contributed by atoms with E-state index in [1.807, 2.05) is 0 Å². The molecule has 3 N–H and O–H groups in total. The van der Waals surface area contributed by atoms with Gasteiger partial charge in [0, 0.05) is 31.1 Å². The standard InChI is InChI=1S/C16H20O7/c1-16(20)5-7-8(6-23-16)13(18)11-9(17)4-10(21-2)14(19)12(11)15(7)22-3/h4,7-8,15,17,19-20H,5-6H2,1-3H3/t7-,8+,15+,16+/m0/s1. The van der Waals surface area contributed by atoms with E-state index >= 15 is 0 Å². The molecule has 4 atom stereocenters. The molecule has 1 aromatic rings. The minimum absolute atomic E-state index is 0.0292. The first-order valence-corrected chi connectivity index (χ1v) is 7.37. The number of rotatable bonds is 2. The third-order valence-electron chi connectivity index (χ3n) is 4.72. The summed E-state index contributed by atoms with van der Waals surface area (Å²) in [5.74, 6) is -3.06. The fourth-order valence-electron chi connectivity index (χ4n) is 3.66. The van der Waals surface area contributed by atoms with E-state index in [1.165, 1.54) is 27.2 Å². The maximum Gasteiger partial charge on any atom is 0.172 e. The predicted molar refractivity (Wildman–Crippen MR) is 78.6 cm³/mol. The van der Waals surface area contributed by atoms with Gasteiger partial charge in [-0.3, -0.25) is 4.79 Å². The van der Waals surface area contributed by atoms with Crippen molar-refractivity contribution in [2.24, 2.45) is 11.8 Å². The molecule has 0 unspecified atom stereocenters. The molecule has 1 heterocycles. The van der Waals surface area contributed by atoms with Gasteiger partial charge in [-0.25, -0.2) is 0 Å². The number of ether oxygens (including phenoxy) is 3. The predicted octanol–water partition coefficient (Wildman–Crippen LogP) is 1.35. The van der Waals surface area contributed by atoms with Gasteiger partial charge in [-0.05, 0) is 6.92 Å². The number of phenols is 2. The molecule has 126 valence electrons. The maximum absolute atomic E-state index is 12.8. The van der Waals surface area contributed by atoms with Crippen molar-refractivity contribution in [3.05, 3.63) is 17.2 Å². The molecule has 0 radical (unpaired) electrons. The summed E-state index contributed by atoms with van der Waals surface area (Å²) in [5, 5.41) is 30.8. The summed E-state index contributed by atoms with van der Waals surface area (Å²) < 4.78 is 15.9. The lowest BCUT2D eigenvalue weighted by Crippen LogP contribution is -2.49. The third kappa shape index (κ3) is 2.36. The second-order valence-corrected chi connectivity index (χ2v) is 6.22. The molecule has 7 heteroatoms. The Kier molecular flexibility index (Phi) is 3.74. The topological polar surface area (TPSA) is 105 Å². The maximum atomic E-state index is 12.8. The molecule has 1 aliphatic carbocycles. The number of ketones is 1. The zero-order valence-electron chi connectivity index (χ0n) is 13.2. The quantitative estimate of drug-likeness (QED) is 0.705. The van der Waals surface area contributed by atoms with Crippen molar-refractivity contribution in [1.82, 2.24) is 0 Å². The number of Topliss-reactive ketones (excluding diaryl/α,β-unsaturated/α-hetero) is 1. The molecule has 1 fully saturated rings. The smallest absolute Gasteiger partial charge is 0.172 e. The van der Waals surface area contributed by atoms with Crippen LogP contribution >= 0.6 is 0 Å². The van der Waals surface area contributed by atoms with E-state index in [4.69, 9.17) is 14.2 Å². The minimum atomic E-state index is -1.37. The van der Waals surface area contributed by atoms with Gasteiger partial charge in [0.2, 0.25) is 0 Å². The average molecular weight is 324 g/mol. The lowest BCUT2D eigenvalue weighted by Gasteiger charge is -2.45. The van der Waals surface area contributed by atoms with Crippen LogP contribution in [0.15, 0.2) is 6.07 Å². The van der Waals surface area contributed by atoms with E-state index in [-0.39, 0.29) is 53.1 Å². The number of phenolic OH excluding ortho intramolecular Hbond substituents is 2. The highest BCUT2D eigenvalue weighted by Gasteiger charge is 2.51. The molecule has 2 aliphatic rings. The van der Waals surface area contributed by atoms with Crippen LogP contribution < -0.4 is 4.74 Å². The normalized spacial score (nSPS) is 33.0. The zero-order chi connectivity index (χ0) is 16.9. The van der Waals surface area contributed by atoms with Crippen LogP contribution in [-0.4, -0.2) is 47.7 Å². The summed E-state index contributed by atoms with van der Waals surface area (Å²) >= 11 is 0. The summed E-state index contributed by atoms with van der Waals surface area (Å²) in [5.41, 5.74) is 0.231. The van der Waals surface area contributed by atoms with E-state index in [2.05, 4.69) is 0 Å². The van der Waals surface area contributed by atoms with E-state index in [0.29, 0.717) is 0 Å². The van der Waals surface area contributed by atoms with Gasteiger partial charge in [0.1, 0.15) is 5.75 Å². The molecule has 0 spiro atoms. The van der Waals surface area contributed by atoms with Crippen molar-refractivity contribution < 1.29 is 34.3 Å². The Balaban J connectivity index is 2.20. The number of hydrogen-bond donors (Lipinski definition) is 3. The number of hydrogen-bond acceptors (Lipinski definition) is 7. The second kappa shape index (κ2) is 5.36. The molecule has 0 amide bonds.